The zero-order chi connectivity index (χ0) is 29.4. The lowest BCUT2D eigenvalue weighted by atomic mass is 10.1. The van der Waals surface area contributed by atoms with Crippen molar-refractivity contribution in [2.75, 3.05) is 33.4 Å². The SMILES string of the molecule is COc1cc(C(=O)N2C[C@H]3CC[C@@H]2[C@@H]3N)cc2nc(-c3cc4ccc(CCN5CCOC5=O)cc4n3CC3CC3)n(C)c12. The van der Waals surface area contributed by atoms with Gasteiger partial charge < -0.3 is 34.1 Å². The second kappa shape index (κ2) is 10.0. The van der Waals surface area contributed by atoms with Crippen molar-refractivity contribution in [1.82, 2.24) is 23.9 Å². The number of amides is 2. The summed E-state index contributed by atoms with van der Waals surface area (Å²) in [7, 11) is 3.67. The molecule has 43 heavy (non-hydrogen) atoms. The Labute approximate surface area is 250 Å². The van der Waals surface area contributed by atoms with Crippen molar-refractivity contribution >= 4 is 33.9 Å². The van der Waals surface area contributed by atoms with Crippen molar-refractivity contribution in [2.24, 2.45) is 24.6 Å². The predicted octanol–water partition coefficient (Wildman–Crippen LogP) is 4.17. The highest BCUT2D eigenvalue weighted by molar-refractivity contribution is 6.00. The molecule has 2 bridgehead atoms. The molecule has 0 unspecified atom stereocenters. The molecular formula is C33H38N6O4. The Hall–Kier alpha value is -4.05. The minimum absolute atomic E-state index is 0.00706. The lowest BCUT2D eigenvalue weighted by Crippen LogP contribution is -2.41. The van der Waals surface area contributed by atoms with Crippen LogP contribution >= 0.6 is 0 Å². The molecular weight excluding hydrogens is 544 g/mol. The number of likely N-dealkylation sites (tertiary alicyclic amines) is 1. The second-order valence-electron chi connectivity index (χ2n) is 12.8. The number of rotatable bonds is 8. The first kappa shape index (κ1) is 26.6. The van der Waals surface area contributed by atoms with Crippen LogP contribution in [0.25, 0.3) is 33.5 Å². The highest BCUT2D eigenvalue weighted by atomic mass is 16.6. The number of methoxy groups -OCH3 is 1. The van der Waals surface area contributed by atoms with Crippen LogP contribution < -0.4 is 10.5 Å². The van der Waals surface area contributed by atoms with Crippen molar-refractivity contribution in [3.05, 3.63) is 47.5 Å². The molecule has 4 heterocycles. The third kappa shape index (κ3) is 4.37. The number of carbonyl (C=O) groups excluding carboxylic acids is 2. The topological polar surface area (TPSA) is 108 Å². The first-order chi connectivity index (χ1) is 20.9. The third-order valence-corrected chi connectivity index (χ3v) is 10.2. The maximum absolute atomic E-state index is 13.7. The lowest BCUT2D eigenvalue weighted by Gasteiger charge is -2.27. The summed E-state index contributed by atoms with van der Waals surface area (Å²) in [5, 5.41) is 1.16. The van der Waals surface area contributed by atoms with Gasteiger partial charge in [-0.1, -0.05) is 12.1 Å². The van der Waals surface area contributed by atoms with Gasteiger partial charge in [0.05, 0.1) is 24.9 Å². The van der Waals surface area contributed by atoms with E-state index >= 15 is 0 Å². The fourth-order valence-corrected chi connectivity index (χ4v) is 7.56. The number of hydrogen-bond acceptors (Lipinski definition) is 6. The summed E-state index contributed by atoms with van der Waals surface area (Å²) in [5.74, 6) is 2.55. The molecule has 2 saturated carbocycles. The van der Waals surface area contributed by atoms with Crippen LogP contribution in [0.4, 0.5) is 4.79 Å². The largest absolute Gasteiger partial charge is 0.494 e. The van der Waals surface area contributed by atoms with E-state index in [1.54, 1.807) is 12.0 Å². The molecule has 4 aromatic rings. The van der Waals surface area contributed by atoms with Gasteiger partial charge in [-0.2, -0.15) is 0 Å². The normalized spacial score (nSPS) is 23.2. The van der Waals surface area contributed by atoms with Gasteiger partial charge in [0.2, 0.25) is 0 Å². The Morgan fingerprint density at radius 1 is 1.14 bits per heavy atom. The van der Waals surface area contributed by atoms with E-state index in [0.717, 1.165) is 60.3 Å². The first-order valence-corrected chi connectivity index (χ1v) is 15.5. The fraction of sp³-hybridized carbons (Fsp3) is 0.485. The van der Waals surface area contributed by atoms with Crippen LogP contribution in [0.15, 0.2) is 36.4 Å². The van der Waals surface area contributed by atoms with Gasteiger partial charge in [-0.25, -0.2) is 9.78 Å². The number of carbonyl (C=O) groups is 2. The average Bonchev–Trinajstić information content (AvgIpc) is 3.24. The van der Waals surface area contributed by atoms with E-state index in [9.17, 15) is 9.59 Å². The van der Waals surface area contributed by atoms with Crippen LogP contribution in [0.1, 0.15) is 41.6 Å². The van der Waals surface area contributed by atoms with E-state index in [0.29, 0.717) is 42.8 Å². The number of nitrogens with two attached hydrogens (primary N) is 1. The summed E-state index contributed by atoms with van der Waals surface area (Å²) >= 11 is 0. The number of ether oxygens (including phenoxy) is 2. The number of imidazole rings is 1. The molecule has 0 spiro atoms. The minimum Gasteiger partial charge on any atom is -0.494 e. The third-order valence-electron chi connectivity index (χ3n) is 10.2. The number of piperidine rings is 1. The number of aryl methyl sites for hydroxylation is 1. The summed E-state index contributed by atoms with van der Waals surface area (Å²) in [6, 6.07) is 12.8. The summed E-state index contributed by atoms with van der Waals surface area (Å²) in [6.45, 7) is 3.43. The molecule has 2 N–H and O–H groups in total. The number of hydrogen-bond donors (Lipinski definition) is 1. The second-order valence-corrected chi connectivity index (χ2v) is 12.8. The van der Waals surface area contributed by atoms with Gasteiger partial charge in [0.25, 0.3) is 5.91 Å². The standard InChI is InChI=1S/C33H38N6O4/c1-36-30-24(14-23(16-28(30)42-2)32(40)39-18-22-7-8-25(39)29(22)34)35-31(36)27-15-21-6-5-19(9-10-37-11-12-43-33(37)41)13-26(21)38(27)17-20-3-4-20/h5-6,13-16,20,22,25,29H,3-4,7-12,17-18,34H2,1-2H3/t22-,25-,29-/m1/s1. The smallest absolute Gasteiger partial charge is 0.409 e. The molecule has 3 atom stereocenters. The van der Waals surface area contributed by atoms with E-state index < -0.39 is 0 Å². The van der Waals surface area contributed by atoms with Gasteiger partial charge in [-0.3, -0.25) is 4.79 Å². The molecule has 10 nitrogen and oxygen atoms in total. The van der Waals surface area contributed by atoms with Crippen LogP contribution in [0.5, 0.6) is 5.75 Å². The monoisotopic (exact) mass is 582 g/mol. The number of nitrogens with zero attached hydrogens (tertiary/aromatic N) is 5. The molecule has 224 valence electrons. The van der Waals surface area contributed by atoms with Crippen molar-refractivity contribution < 1.29 is 19.1 Å². The van der Waals surface area contributed by atoms with Gasteiger partial charge in [-0.05, 0) is 73.8 Å². The van der Waals surface area contributed by atoms with Crippen LogP contribution in [-0.2, 0) is 24.8 Å². The summed E-state index contributed by atoms with van der Waals surface area (Å²) in [5.41, 5.74) is 12.1. The van der Waals surface area contributed by atoms with E-state index in [4.69, 9.17) is 20.2 Å². The summed E-state index contributed by atoms with van der Waals surface area (Å²) in [4.78, 5) is 34.5. The molecule has 4 fully saturated rings. The quantitative estimate of drug-likeness (QED) is 0.334. The maximum Gasteiger partial charge on any atom is 0.409 e. The Kier molecular flexibility index (Phi) is 6.18. The lowest BCUT2D eigenvalue weighted by molar-refractivity contribution is 0.0700. The average molecular weight is 583 g/mol. The number of aromatic nitrogens is 3. The Morgan fingerprint density at radius 2 is 2.00 bits per heavy atom. The Morgan fingerprint density at radius 3 is 2.70 bits per heavy atom. The van der Waals surface area contributed by atoms with Crippen molar-refractivity contribution in [3.63, 3.8) is 0 Å². The van der Waals surface area contributed by atoms with Crippen molar-refractivity contribution in [2.45, 2.75) is 50.7 Å². The van der Waals surface area contributed by atoms with Crippen LogP contribution in [0.3, 0.4) is 0 Å². The van der Waals surface area contributed by atoms with Crippen molar-refractivity contribution in [3.8, 4) is 17.3 Å². The molecule has 10 heteroatoms. The molecule has 2 aliphatic carbocycles. The zero-order valence-electron chi connectivity index (χ0n) is 24.8. The molecule has 2 saturated heterocycles. The van der Waals surface area contributed by atoms with Gasteiger partial charge in [0.15, 0.2) is 5.82 Å². The molecule has 8 rings (SSSR count). The highest BCUT2D eigenvalue weighted by Crippen LogP contribution is 2.40. The molecule has 2 aromatic heterocycles. The molecule has 4 aliphatic rings. The van der Waals surface area contributed by atoms with E-state index in [1.807, 2.05) is 24.1 Å². The highest BCUT2D eigenvalue weighted by Gasteiger charge is 2.47. The molecule has 0 radical (unpaired) electrons. The first-order valence-electron chi connectivity index (χ1n) is 15.5. The minimum atomic E-state index is -0.223. The van der Waals surface area contributed by atoms with Crippen LogP contribution in [0.2, 0.25) is 0 Å². The number of benzene rings is 2. The van der Waals surface area contributed by atoms with Crippen LogP contribution in [-0.4, -0.2) is 81.4 Å². The molecule has 2 amide bonds. The van der Waals surface area contributed by atoms with Crippen molar-refractivity contribution in [1.29, 1.82) is 0 Å². The van der Waals surface area contributed by atoms with Gasteiger partial charge >= 0.3 is 6.09 Å². The van der Waals surface area contributed by atoms with E-state index in [2.05, 4.69) is 33.4 Å². The van der Waals surface area contributed by atoms with Gasteiger partial charge in [-0.15, -0.1) is 0 Å². The number of cyclic esters (lactones) is 1. The summed E-state index contributed by atoms with van der Waals surface area (Å²) < 4.78 is 15.4. The summed E-state index contributed by atoms with van der Waals surface area (Å²) in [6.07, 6.45) is 5.10. The zero-order valence-corrected chi connectivity index (χ0v) is 24.8. The van der Waals surface area contributed by atoms with Crippen LogP contribution in [0, 0.1) is 11.8 Å². The molecule has 2 aliphatic heterocycles. The Bertz CT molecular complexity index is 1770. The Balaban J connectivity index is 1.17. The number of fused-ring (bicyclic) bond motifs is 4. The predicted molar refractivity (Wildman–Crippen MR) is 163 cm³/mol. The van der Waals surface area contributed by atoms with Gasteiger partial charge in [0, 0.05) is 55.2 Å². The fourth-order valence-electron chi connectivity index (χ4n) is 7.56. The van der Waals surface area contributed by atoms with E-state index in [1.165, 1.54) is 23.9 Å². The van der Waals surface area contributed by atoms with E-state index in [-0.39, 0.29) is 24.1 Å². The molecule has 2 aromatic carbocycles. The van der Waals surface area contributed by atoms with Gasteiger partial charge in [0.1, 0.15) is 17.9 Å². The maximum atomic E-state index is 13.7.